The Balaban J connectivity index is 1.61. The van der Waals surface area contributed by atoms with Gasteiger partial charge >= 0.3 is 0 Å². The van der Waals surface area contributed by atoms with Crippen molar-refractivity contribution in [3.05, 3.63) is 29.8 Å². The number of hydrogen-bond acceptors (Lipinski definition) is 3. The van der Waals surface area contributed by atoms with Crippen LogP contribution in [-0.4, -0.2) is 36.4 Å². The molecule has 0 bridgehead atoms. The van der Waals surface area contributed by atoms with Crippen LogP contribution in [0.25, 0.3) is 0 Å². The lowest BCUT2D eigenvalue weighted by molar-refractivity contribution is -0.135. The molecule has 0 radical (unpaired) electrons. The molecule has 5 heteroatoms. The molecule has 1 aromatic carbocycles. The predicted octanol–water partition coefficient (Wildman–Crippen LogP) is 2.03. The molecule has 1 aromatic rings. The van der Waals surface area contributed by atoms with Gasteiger partial charge in [0, 0.05) is 24.9 Å². The van der Waals surface area contributed by atoms with Gasteiger partial charge in [0.1, 0.15) is 5.75 Å². The van der Waals surface area contributed by atoms with Crippen LogP contribution in [0, 0.1) is 0 Å². The van der Waals surface area contributed by atoms with Crippen LogP contribution in [0.1, 0.15) is 43.7 Å². The van der Waals surface area contributed by atoms with Crippen LogP contribution in [0.2, 0.25) is 0 Å². The van der Waals surface area contributed by atoms with E-state index in [1.54, 1.807) is 4.90 Å². The zero-order chi connectivity index (χ0) is 15.4. The van der Waals surface area contributed by atoms with Crippen LogP contribution in [0.4, 0.5) is 0 Å². The molecule has 3 rings (SSSR count). The van der Waals surface area contributed by atoms with Gasteiger partial charge < -0.3 is 15.0 Å². The molecule has 5 nitrogen and oxygen atoms in total. The van der Waals surface area contributed by atoms with Crippen molar-refractivity contribution in [3.8, 4) is 5.75 Å². The van der Waals surface area contributed by atoms with E-state index in [4.69, 9.17) is 4.74 Å². The van der Waals surface area contributed by atoms with Crippen molar-refractivity contribution < 1.29 is 14.3 Å². The third kappa shape index (κ3) is 3.40. The summed E-state index contributed by atoms with van der Waals surface area (Å²) >= 11 is 0. The van der Waals surface area contributed by atoms with Crippen molar-refractivity contribution >= 4 is 11.8 Å². The molecular weight excluding hydrogens is 280 g/mol. The van der Waals surface area contributed by atoms with Gasteiger partial charge in [-0.2, -0.15) is 0 Å². The normalized spacial score (nSPS) is 21.5. The number of likely N-dealkylation sites (tertiary alicyclic amines) is 1. The highest BCUT2D eigenvalue weighted by Gasteiger charge is 2.24. The standard InChI is InChI=1S/C17H22N2O3/c20-16(12-19-10-5-1-2-8-17(19)21)18-14-9-11-22-15-7-4-3-6-13(14)15/h3-4,6-7,14H,1-2,5,8-12H2,(H,18,20). The van der Waals surface area contributed by atoms with Crippen molar-refractivity contribution in [2.24, 2.45) is 0 Å². The Bertz CT molecular complexity index is 559. The average molecular weight is 302 g/mol. The van der Waals surface area contributed by atoms with Gasteiger partial charge in [-0.05, 0) is 18.9 Å². The molecule has 0 saturated carbocycles. The summed E-state index contributed by atoms with van der Waals surface area (Å²) in [7, 11) is 0. The van der Waals surface area contributed by atoms with Crippen molar-refractivity contribution in [3.63, 3.8) is 0 Å². The third-order valence-electron chi connectivity index (χ3n) is 4.30. The van der Waals surface area contributed by atoms with Crippen LogP contribution in [0.3, 0.4) is 0 Å². The quantitative estimate of drug-likeness (QED) is 0.929. The highest BCUT2D eigenvalue weighted by molar-refractivity contribution is 5.85. The summed E-state index contributed by atoms with van der Waals surface area (Å²) in [6.45, 7) is 1.46. The minimum atomic E-state index is -0.0862. The Morgan fingerprint density at radius 1 is 1.27 bits per heavy atom. The molecule has 0 aliphatic carbocycles. The Labute approximate surface area is 130 Å². The van der Waals surface area contributed by atoms with E-state index in [2.05, 4.69) is 5.32 Å². The maximum atomic E-state index is 12.3. The van der Waals surface area contributed by atoms with Crippen molar-refractivity contribution in [1.82, 2.24) is 10.2 Å². The smallest absolute Gasteiger partial charge is 0.240 e. The van der Waals surface area contributed by atoms with Crippen LogP contribution < -0.4 is 10.1 Å². The van der Waals surface area contributed by atoms with E-state index in [1.807, 2.05) is 24.3 Å². The number of rotatable bonds is 3. The van der Waals surface area contributed by atoms with Crippen molar-refractivity contribution in [2.75, 3.05) is 19.7 Å². The largest absolute Gasteiger partial charge is 0.493 e. The van der Waals surface area contributed by atoms with Crippen molar-refractivity contribution in [1.29, 1.82) is 0 Å². The summed E-state index contributed by atoms with van der Waals surface area (Å²) in [5.74, 6) is 0.849. The molecule has 1 fully saturated rings. The number of carbonyl (C=O) groups excluding carboxylic acids is 2. The molecule has 118 valence electrons. The minimum absolute atomic E-state index is 0.0282. The average Bonchev–Trinajstić information content (AvgIpc) is 2.73. The summed E-state index contributed by atoms with van der Waals surface area (Å²) < 4.78 is 5.60. The van der Waals surface area contributed by atoms with E-state index in [1.165, 1.54) is 0 Å². The molecule has 1 saturated heterocycles. The SMILES string of the molecule is O=C(CN1CCCCCC1=O)NC1CCOc2ccccc21. The van der Waals surface area contributed by atoms with E-state index in [-0.39, 0.29) is 24.4 Å². The fourth-order valence-corrected chi connectivity index (χ4v) is 3.11. The van der Waals surface area contributed by atoms with Gasteiger partial charge in [0.25, 0.3) is 0 Å². The van der Waals surface area contributed by atoms with Crippen LogP contribution >= 0.6 is 0 Å². The number of benzene rings is 1. The zero-order valence-electron chi connectivity index (χ0n) is 12.7. The summed E-state index contributed by atoms with van der Waals surface area (Å²) in [4.78, 5) is 26.0. The fraction of sp³-hybridized carbons (Fsp3) is 0.529. The highest BCUT2D eigenvalue weighted by atomic mass is 16.5. The Morgan fingerprint density at radius 2 is 2.14 bits per heavy atom. The third-order valence-corrected chi connectivity index (χ3v) is 4.30. The number of nitrogens with zero attached hydrogens (tertiary/aromatic N) is 1. The van der Waals surface area contributed by atoms with E-state index >= 15 is 0 Å². The molecule has 2 amide bonds. The minimum Gasteiger partial charge on any atom is -0.493 e. The summed E-state index contributed by atoms with van der Waals surface area (Å²) in [6, 6.07) is 7.76. The second kappa shape index (κ2) is 6.81. The molecule has 0 aromatic heterocycles. The first-order chi connectivity index (χ1) is 10.7. The number of fused-ring (bicyclic) bond motifs is 1. The first-order valence-electron chi connectivity index (χ1n) is 8.03. The predicted molar refractivity (Wildman–Crippen MR) is 82.5 cm³/mol. The van der Waals surface area contributed by atoms with Gasteiger partial charge in [-0.1, -0.05) is 24.6 Å². The van der Waals surface area contributed by atoms with Gasteiger partial charge in [0.2, 0.25) is 11.8 Å². The second-order valence-corrected chi connectivity index (χ2v) is 5.92. The summed E-state index contributed by atoms with van der Waals surface area (Å²) in [5, 5.41) is 3.05. The van der Waals surface area contributed by atoms with Gasteiger partial charge in [-0.25, -0.2) is 0 Å². The maximum Gasteiger partial charge on any atom is 0.240 e. The molecule has 2 aliphatic heterocycles. The van der Waals surface area contributed by atoms with Gasteiger partial charge in [0.05, 0.1) is 19.2 Å². The highest BCUT2D eigenvalue weighted by Crippen LogP contribution is 2.31. The Hall–Kier alpha value is -2.04. The molecule has 2 aliphatic rings. The van der Waals surface area contributed by atoms with Crippen molar-refractivity contribution in [2.45, 2.75) is 38.1 Å². The summed E-state index contributed by atoms with van der Waals surface area (Å²) in [6.07, 6.45) is 4.31. The second-order valence-electron chi connectivity index (χ2n) is 5.92. The topological polar surface area (TPSA) is 58.6 Å². The molecule has 1 N–H and O–H groups in total. The number of nitrogens with one attached hydrogen (secondary N) is 1. The Morgan fingerprint density at radius 3 is 3.05 bits per heavy atom. The first-order valence-corrected chi connectivity index (χ1v) is 8.03. The van der Waals surface area contributed by atoms with E-state index in [9.17, 15) is 9.59 Å². The maximum absolute atomic E-state index is 12.3. The number of carbonyl (C=O) groups is 2. The summed E-state index contributed by atoms with van der Waals surface area (Å²) in [5.41, 5.74) is 1.02. The molecule has 0 spiro atoms. The fourth-order valence-electron chi connectivity index (χ4n) is 3.11. The number of ether oxygens (including phenoxy) is 1. The van der Waals surface area contributed by atoms with E-state index in [0.29, 0.717) is 19.6 Å². The van der Waals surface area contributed by atoms with E-state index < -0.39 is 0 Å². The molecule has 1 unspecified atom stereocenters. The van der Waals surface area contributed by atoms with E-state index in [0.717, 1.165) is 37.0 Å². The van der Waals surface area contributed by atoms with Gasteiger partial charge in [-0.3, -0.25) is 9.59 Å². The number of hydrogen-bond donors (Lipinski definition) is 1. The lowest BCUT2D eigenvalue weighted by Crippen LogP contribution is -2.42. The molecule has 2 heterocycles. The monoisotopic (exact) mass is 302 g/mol. The zero-order valence-corrected chi connectivity index (χ0v) is 12.7. The lowest BCUT2D eigenvalue weighted by Gasteiger charge is -2.28. The molecule has 22 heavy (non-hydrogen) atoms. The molecular formula is C17H22N2O3. The number of para-hydroxylation sites is 1. The van der Waals surface area contributed by atoms with Crippen LogP contribution in [0.15, 0.2) is 24.3 Å². The Kier molecular flexibility index (Phi) is 4.61. The van der Waals surface area contributed by atoms with Crippen LogP contribution in [-0.2, 0) is 9.59 Å². The molecule has 1 atom stereocenters. The van der Waals surface area contributed by atoms with Gasteiger partial charge in [-0.15, -0.1) is 0 Å². The van der Waals surface area contributed by atoms with Crippen LogP contribution in [0.5, 0.6) is 5.75 Å². The number of amides is 2. The van der Waals surface area contributed by atoms with Gasteiger partial charge in [0.15, 0.2) is 0 Å². The lowest BCUT2D eigenvalue weighted by atomic mass is 10.0. The first kappa shape index (κ1) is 14.9.